The van der Waals surface area contributed by atoms with E-state index in [2.05, 4.69) is 10.4 Å². The molecule has 0 bridgehead atoms. The summed E-state index contributed by atoms with van der Waals surface area (Å²) in [6, 6.07) is 12.5. The Morgan fingerprint density at radius 2 is 1.96 bits per heavy atom. The highest BCUT2D eigenvalue weighted by atomic mass is 32.2. The van der Waals surface area contributed by atoms with E-state index in [0.717, 1.165) is 0 Å². The summed E-state index contributed by atoms with van der Waals surface area (Å²) >= 11 is 0. The summed E-state index contributed by atoms with van der Waals surface area (Å²) in [4.78, 5) is 12.6. The van der Waals surface area contributed by atoms with E-state index in [1.165, 1.54) is 23.0 Å². The SMILES string of the molecule is Cc1c(C(=O)Nc2cccc(CS(N)(=O)=O)c2)cnn1-c1ccccc1F. The molecule has 0 aliphatic heterocycles. The second kappa shape index (κ2) is 7.29. The average Bonchev–Trinajstić information content (AvgIpc) is 2.95. The zero-order valence-electron chi connectivity index (χ0n) is 14.4. The van der Waals surface area contributed by atoms with Crippen LogP contribution >= 0.6 is 0 Å². The van der Waals surface area contributed by atoms with E-state index in [1.54, 1.807) is 43.3 Å². The summed E-state index contributed by atoms with van der Waals surface area (Å²) in [5.74, 6) is -1.23. The van der Waals surface area contributed by atoms with Gasteiger partial charge in [0.15, 0.2) is 0 Å². The van der Waals surface area contributed by atoms with Gasteiger partial charge in [-0.15, -0.1) is 0 Å². The van der Waals surface area contributed by atoms with Gasteiger partial charge < -0.3 is 5.32 Å². The lowest BCUT2D eigenvalue weighted by Gasteiger charge is -2.08. The van der Waals surface area contributed by atoms with E-state index in [4.69, 9.17) is 5.14 Å². The monoisotopic (exact) mass is 388 g/mol. The maximum absolute atomic E-state index is 14.0. The van der Waals surface area contributed by atoms with Crippen LogP contribution in [0.4, 0.5) is 10.1 Å². The fraction of sp³-hybridized carbons (Fsp3) is 0.111. The van der Waals surface area contributed by atoms with E-state index < -0.39 is 21.7 Å². The van der Waals surface area contributed by atoms with Crippen molar-refractivity contribution in [3.8, 4) is 5.69 Å². The number of rotatable bonds is 5. The number of carbonyl (C=O) groups is 1. The van der Waals surface area contributed by atoms with Crippen molar-refractivity contribution in [2.45, 2.75) is 12.7 Å². The van der Waals surface area contributed by atoms with Gasteiger partial charge in [-0.05, 0) is 36.8 Å². The number of sulfonamides is 1. The molecule has 3 aromatic rings. The zero-order chi connectivity index (χ0) is 19.6. The first-order valence-electron chi connectivity index (χ1n) is 7.95. The quantitative estimate of drug-likeness (QED) is 0.699. The summed E-state index contributed by atoms with van der Waals surface area (Å²) in [5, 5.41) is 11.8. The molecule has 0 atom stereocenters. The van der Waals surface area contributed by atoms with E-state index in [-0.39, 0.29) is 17.0 Å². The van der Waals surface area contributed by atoms with Gasteiger partial charge in [0.05, 0.1) is 23.2 Å². The van der Waals surface area contributed by atoms with Crippen molar-refractivity contribution >= 4 is 21.6 Å². The number of carbonyl (C=O) groups excluding carboxylic acids is 1. The maximum Gasteiger partial charge on any atom is 0.259 e. The van der Waals surface area contributed by atoms with Crippen LogP contribution in [-0.4, -0.2) is 24.1 Å². The molecule has 27 heavy (non-hydrogen) atoms. The number of nitrogens with zero attached hydrogens (tertiary/aromatic N) is 2. The third-order valence-corrected chi connectivity index (χ3v) is 4.62. The second-order valence-electron chi connectivity index (χ2n) is 5.97. The van der Waals surface area contributed by atoms with E-state index in [1.807, 2.05) is 0 Å². The third kappa shape index (κ3) is 4.39. The van der Waals surface area contributed by atoms with Gasteiger partial charge in [0.1, 0.15) is 11.5 Å². The molecule has 1 amide bonds. The molecule has 0 spiro atoms. The van der Waals surface area contributed by atoms with Gasteiger partial charge in [0.25, 0.3) is 5.91 Å². The van der Waals surface area contributed by atoms with E-state index in [9.17, 15) is 17.6 Å². The number of hydrogen-bond donors (Lipinski definition) is 2. The Kier molecular flexibility index (Phi) is 5.06. The van der Waals surface area contributed by atoms with Crippen molar-refractivity contribution in [3.63, 3.8) is 0 Å². The first-order chi connectivity index (χ1) is 12.7. The number of nitrogens with one attached hydrogen (secondary N) is 1. The van der Waals surface area contributed by atoms with Crippen molar-refractivity contribution in [2.24, 2.45) is 5.14 Å². The van der Waals surface area contributed by atoms with Gasteiger partial charge in [-0.2, -0.15) is 5.10 Å². The Hall–Kier alpha value is -3.04. The Bertz CT molecular complexity index is 1110. The first kappa shape index (κ1) is 18.7. The fourth-order valence-electron chi connectivity index (χ4n) is 2.67. The van der Waals surface area contributed by atoms with Gasteiger partial charge in [0.2, 0.25) is 10.0 Å². The molecule has 0 aliphatic rings. The molecule has 3 rings (SSSR count). The second-order valence-corrected chi connectivity index (χ2v) is 7.58. The minimum Gasteiger partial charge on any atom is -0.322 e. The van der Waals surface area contributed by atoms with Crippen LogP contribution in [0.5, 0.6) is 0 Å². The smallest absolute Gasteiger partial charge is 0.259 e. The number of para-hydroxylation sites is 1. The summed E-state index contributed by atoms with van der Waals surface area (Å²) < 4.78 is 37.7. The zero-order valence-corrected chi connectivity index (χ0v) is 15.2. The number of aromatic nitrogens is 2. The molecular weight excluding hydrogens is 371 g/mol. The lowest BCUT2D eigenvalue weighted by molar-refractivity contribution is 0.102. The molecule has 3 N–H and O–H groups in total. The van der Waals surface area contributed by atoms with Crippen LogP contribution in [-0.2, 0) is 15.8 Å². The molecule has 1 aromatic heterocycles. The standard InChI is InChI=1S/C18H17FN4O3S/c1-12-15(10-21-23(12)17-8-3-2-7-16(17)19)18(24)22-14-6-4-5-13(9-14)11-27(20,25)26/h2-10H,11H2,1H3,(H,22,24)(H2,20,25,26). The van der Waals surface area contributed by atoms with Gasteiger partial charge >= 0.3 is 0 Å². The van der Waals surface area contributed by atoms with Gasteiger partial charge in [-0.25, -0.2) is 22.6 Å². The number of anilines is 1. The third-order valence-electron chi connectivity index (χ3n) is 3.89. The van der Waals surface area contributed by atoms with Gasteiger partial charge in [-0.3, -0.25) is 4.79 Å². The van der Waals surface area contributed by atoms with Crippen LogP contribution < -0.4 is 10.5 Å². The number of halogens is 1. The Balaban J connectivity index is 1.84. The fourth-order valence-corrected chi connectivity index (χ4v) is 3.31. The van der Waals surface area contributed by atoms with E-state index >= 15 is 0 Å². The van der Waals surface area contributed by atoms with Crippen LogP contribution in [0.3, 0.4) is 0 Å². The molecule has 0 saturated heterocycles. The number of hydrogen-bond acceptors (Lipinski definition) is 4. The number of amides is 1. The topological polar surface area (TPSA) is 107 Å². The van der Waals surface area contributed by atoms with E-state index in [0.29, 0.717) is 16.9 Å². The number of nitrogens with two attached hydrogens (primary N) is 1. The lowest BCUT2D eigenvalue weighted by atomic mass is 10.2. The van der Waals surface area contributed by atoms with Crippen molar-refractivity contribution < 1.29 is 17.6 Å². The van der Waals surface area contributed by atoms with Crippen LogP contribution in [0, 0.1) is 12.7 Å². The summed E-state index contributed by atoms with van der Waals surface area (Å²) in [6.07, 6.45) is 1.35. The molecule has 0 fully saturated rings. The molecule has 0 unspecified atom stereocenters. The molecule has 9 heteroatoms. The highest BCUT2D eigenvalue weighted by molar-refractivity contribution is 7.88. The van der Waals surface area contributed by atoms with Crippen molar-refractivity contribution in [1.29, 1.82) is 0 Å². The Labute approximate surface area is 155 Å². The van der Waals surface area contributed by atoms with Crippen molar-refractivity contribution in [1.82, 2.24) is 9.78 Å². The number of primary sulfonamides is 1. The molecule has 1 heterocycles. The van der Waals surface area contributed by atoms with Crippen LogP contribution in [0.25, 0.3) is 5.69 Å². The van der Waals surface area contributed by atoms with Crippen molar-refractivity contribution in [2.75, 3.05) is 5.32 Å². The van der Waals surface area contributed by atoms with Crippen LogP contribution in [0.1, 0.15) is 21.6 Å². The number of benzene rings is 2. The molecule has 0 radical (unpaired) electrons. The predicted octanol–water partition coefficient (Wildman–Crippen LogP) is 2.36. The minimum absolute atomic E-state index is 0.240. The normalized spacial score (nSPS) is 11.4. The molecule has 7 nitrogen and oxygen atoms in total. The average molecular weight is 388 g/mol. The summed E-state index contributed by atoms with van der Waals surface area (Å²) in [5.41, 5.74) is 1.85. The van der Waals surface area contributed by atoms with Gasteiger partial charge in [-0.1, -0.05) is 24.3 Å². The minimum atomic E-state index is -3.67. The lowest BCUT2D eigenvalue weighted by Crippen LogP contribution is -2.15. The Morgan fingerprint density at radius 3 is 2.67 bits per heavy atom. The van der Waals surface area contributed by atoms with Crippen molar-refractivity contribution in [3.05, 3.63) is 77.4 Å². The largest absolute Gasteiger partial charge is 0.322 e. The molecule has 140 valence electrons. The van der Waals surface area contributed by atoms with Crippen LogP contribution in [0.2, 0.25) is 0 Å². The predicted molar refractivity (Wildman–Crippen MR) is 99.5 cm³/mol. The summed E-state index contributed by atoms with van der Waals surface area (Å²) in [6.45, 7) is 1.66. The van der Waals surface area contributed by atoms with Gasteiger partial charge in [0, 0.05) is 5.69 Å². The highest BCUT2D eigenvalue weighted by Gasteiger charge is 2.17. The maximum atomic E-state index is 14.0. The molecule has 2 aromatic carbocycles. The molecular formula is C18H17FN4O3S. The van der Waals surface area contributed by atoms with Crippen LogP contribution in [0.15, 0.2) is 54.7 Å². The Morgan fingerprint density at radius 1 is 1.22 bits per heavy atom. The first-order valence-corrected chi connectivity index (χ1v) is 9.66. The summed E-state index contributed by atoms with van der Waals surface area (Å²) in [7, 11) is -3.67. The molecule has 0 saturated carbocycles. The highest BCUT2D eigenvalue weighted by Crippen LogP contribution is 2.19. The molecule has 0 aliphatic carbocycles.